The first-order valence-electron chi connectivity index (χ1n) is 7.29. The average molecular weight is 285 g/mol. The minimum atomic E-state index is -0.165. The van der Waals surface area contributed by atoms with Crippen LogP contribution in [0.4, 0.5) is 0 Å². The summed E-state index contributed by atoms with van der Waals surface area (Å²) in [5.74, 6) is 1.54. The van der Waals surface area contributed by atoms with Crippen LogP contribution in [0.5, 0.6) is 11.5 Å². The summed E-state index contributed by atoms with van der Waals surface area (Å²) in [6.45, 7) is 4.13. The molecule has 2 aromatic carbocycles. The summed E-state index contributed by atoms with van der Waals surface area (Å²) in [4.78, 5) is 0. The fourth-order valence-electron chi connectivity index (χ4n) is 2.21. The third kappa shape index (κ3) is 3.99. The zero-order valence-electron chi connectivity index (χ0n) is 12.9. The Bertz CT molecular complexity index is 566. The van der Waals surface area contributed by atoms with Crippen molar-refractivity contribution in [3.8, 4) is 11.5 Å². The van der Waals surface area contributed by atoms with Crippen LogP contribution in [0, 0.1) is 0 Å². The van der Waals surface area contributed by atoms with Crippen molar-refractivity contribution in [3.63, 3.8) is 0 Å². The van der Waals surface area contributed by atoms with E-state index in [1.165, 1.54) is 5.56 Å². The van der Waals surface area contributed by atoms with Crippen molar-refractivity contribution in [1.29, 1.82) is 0 Å². The second-order valence-electron chi connectivity index (χ2n) is 5.12. The molecule has 0 amide bonds. The van der Waals surface area contributed by atoms with Gasteiger partial charge >= 0.3 is 0 Å². The second-order valence-corrected chi connectivity index (χ2v) is 5.12. The van der Waals surface area contributed by atoms with Crippen molar-refractivity contribution < 1.29 is 9.47 Å². The summed E-state index contributed by atoms with van der Waals surface area (Å²) in [6, 6.07) is 15.8. The van der Waals surface area contributed by atoms with Crippen LogP contribution in [0.1, 0.15) is 31.0 Å². The summed E-state index contributed by atoms with van der Waals surface area (Å²) < 4.78 is 11.1. The van der Waals surface area contributed by atoms with E-state index in [9.17, 15) is 0 Å². The lowest BCUT2D eigenvalue weighted by molar-refractivity contribution is 0.190. The Morgan fingerprint density at radius 3 is 2.33 bits per heavy atom. The highest BCUT2D eigenvalue weighted by molar-refractivity contribution is 5.33. The molecule has 2 rings (SSSR count). The van der Waals surface area contributed by atoms with Crippen molar-refractivity contribution in [1.82, 2.24) is 0 Å². The van der Waals surface area contributed by atoms with Crippen LogP contribution in [0.2, 0.25) is 0 Å². The Hall–Kier alpha value is -2.00. The topological polar surface area (TPSA) is 44.5 Å². The molecule has 0 spiro atoms. The lowest BCUT2D eigenvalue weighted by atomic mass is 10.0. The van der Waals surface area contributed by atoms with Crippen molar-refractivity contribution in [2.45, 2.75) is 32.4 Å². The van der Waals surface area contributed by atoms with Crippen molar-refractivity contribution in [3.05, 3.63) is 59.7 Å². The molecular formula is C18H23NO2. The number of hydrogen-bond donors (Lipinski definition) is 1. The highest BCUT2D eigenvalue weighted by Gasteiger charge is 2.16. The molecule has 112 valence electrons. The van der Waals surface area contributed by atoms with E-state index in [0.717, 1.165) is 23.5 Å². The summed E-state index contributed by atoms with van der Waals surface area (Å²) in [6.07, 6.45) is 0.912. The number of ether oxygens (including phenoxy) is 2. The highest BCUT2D eigenvalue weighted by Crippen LogP contribution is 2.24. The molecule has 0 saturated carbocycles. The van der Waals surface area contributed by atoms with Gasteiger partial charge < -0.3 is 15.2 Å². The largest absolute Gasteiger partial charge is 0.497 e. The van der Waals surface area contributed by atoms with Gasteiger partial charge in [0.2, 0.25) is 0 Å². The first-order chi connectivity index (χ1) is 10.1. The Morgan fingerprint density at radius 2 is 1.71 bits per heavy atom. The van der Waals surface area contributed by atoms with Gasteiger partial charge in [-0.1, -0.05) is 37.3 Å². The Balaban J connectivity index is 2.05. The number of aryl methyl sites for hydroxylation is 1. The molecule has 0 aliphatic rings. The molecule has 0 fully saturated rings. The smallest absolute Gasteiger partial charge is 0.123 e. The predicted molar refractivity (Wildman–Crippen MR) is 85.8 cm³/mol. The van der Waals surface area contributed by atoms with Gasteiger partial charge in [-0.25, -0.2) is 0 Å². The molecule has 0 aromatic heterocycles. The van der Waals surface area contributed by atoms with E-state index >= 15 is 0 Å². The van der Waals surface area contributed by atoms with Crippen LogP contribution in [0.15, 0.2) is 48.5 Å². The van der Waals surface area contributed by atoms with E-state index in [1.54, 1.807) is 7.11 Å². The molecule has 3 heteroatoms. The van der Waals surface area contributed by atoms with Gasteiger partial charge in [-0.15, -0.1) is 0 Å². The molecule has 0 bridgehead atoms. The Labute approximate surface area is 126 Å². The van der Waals surface area contributed by atoms with E-state index in [-0.39, 0.29) is 12.1 Å². The van der Waals surface area contributed by atoms with Crippen LogP contribution in [-0.2, 0) is 6.42 Å². The summed E-state index contributed by atoms with van der Waals surface area (Å²) in [5.41, 5.74) is 8.69. The number of nitrogens with two attached hydrogens (primary N) is 1. The van der Waals surface area contributed by atoms with E-state index in [2.05, 4.69) is 31.2 Å². The summed E-state index contributed by atoms with van der Waals surface area (Å²) in [5, 5.41) is 0. The predicted octanol–water partition coefficient (Wildman–Crippen LogP) is 3.72. The molecule has 21 heavy (non-hydrogen) atoms. The van der Waals surface area contributed by atoms with E-state index in [4.69, 9.17) is 15.2 Å². The molecule has 0 saturated heterocycles. The van der Waals surface area contributed by atoms with Gasteiger partial charge in [0.1, 0.15) is 17.6 Å². The van der Waals surface area contributed by atoms with Crippen molar-refractivity contribution >= 4 is 0 Å². The van der Waals surface area contributed by atoms with Crippen LogP contribution in [-0.4, -0.2) is 13.2 Å². The third-order valence-corrected chi connectivity index (χ3v) is 3.64. The number of rotatable bonds is 6. The first-order valence-corrected chi connectivity index (χ1v) is 7.29. The lowest BCUT2D eigenvalue weighted by Gasteiger charge is -2.22. The molecule has 2 unspecified atom stereocenters. The standard InChI is InChI=1S/C18H23NO2/c1-4-14-8-10-15(11-9-14)18(19)13(2)21-17-7-5-6-16(12-17)20-3/h5-13,18H,4,19H2,1-3H3. The molecule has 0 heterocycles. The lowest BCUT2D eigenvalue weighted by Crippen LogP contribution is -2.28. The van der Waals surface area contributed by atoms with E-state index < -0.39 is 0 Å². The maximum Gasteiger partial charge on any atom is 0.123 e. The zero-order valence-corrected chi connectivity index (χ0v) is 12.9. The fraction of sp³-hybridized carbons (Fsp3) is 0.333. The summed E-state index contributed by atoms with van der Waals surface area (Å²) in [7, 11) is 1.64. The number of methoxy groups -OCH3 is 1. The normalized spacial score (nSPS) is 13.5. The molecule has 0 aliphatic heterocycles. The maximum absolute atomic E-state index is 6.29. The minimum absolute atomic E-state index is 0.121. The molecule has 2 atom stereocenters. The average Bonchev–Trinajstić information content (AvgIpc) is 2.54. The van der Waals surface area contributed by atoms with Crippen molar-refractivity contribution in [2.75, 3.05) is 7.11 Å². The molecular weight excluding hydrogens is 262 g/mol. The molecule has 2 aromatic rings. The molecule has 2 N–H and O–H groups in total. The van der Waals surface area contributed by atoms with Gasteiger partial charge in [-0.2, -0.15) is 0 Å². The highest BCUT2D eigenvalue weighted by atomic mass is 16.5. The Morgan fingerprint density at radius 1 is 1.05 bits per heavy atom. The van der Waals surface area contributed by atoms with Gasteiger partial charge in [-0.3, -0.25) is 0 Å². The number of benzene rings is 2. The number of hydrogen-bond acceptors (Lipinski definition) is 3. The maximum atomic E-state index is 6.29. The van der Waals surface area contributed by atoms with Crippen LogP contribution >= 0.6 is 0 Å². The quantitative estimate of drug-likeness (QED) is 0.879. The first kappa shape index (κ1) is 15.4. The van der Waals surface area contributed by atoms with Gasteiger partial charge in [0.25, 0.3) is 0 Å². The van der Waals surface area contributed by atoms with E-state index in [0.29, 0.717) is 0 Å². The van der Waals surface area contributed by atoms with Gasteiger partial charge in [0, 0.05) is 6.07 Å². The van der Waals surface area contributed by atoms with E-state index in [1.807, 2.05) is 31.2 Å². The van der Waals surface area contributed by atoms with Crippen LogP contribution < -0.4 is 15.2 Å². The second kappa shape index (κ2) is 7.14. The molecule has 0 radical (unpaired) electrons. The van der Waals surface area contributed by atoms with Crippen LogP contribution in [0.3, 0.4) is 0 Å². The monoisotopic (exact) mass is 285 g/mol. The minimum Gasteiger partial charge on any atom is -0.497 e. The summed E-state index contributed by atoms with van der Waals surface area (Å²) >= 11 is 0. The Kier molecular flexibility index (Phi) is 5.23. The van der Waals surface area contributed by atoms with Gasteiger partial charge in [-0.05, 0) is 36.6 Å². The van der Waals surface area contributed by atoms with Gasteiger partial charge in [0.15, 0.2) is 0 Å². The van der Waals surface area contributed by atoms with Gasteiger partial charge in [0.05, 0.1) is 13.2 Å². The van der Waals surface area contributed by atoms with Crippen LogP contribution in [0.25, 0.3) is 0 Å². The molecule has 0 aliphatic carbocycles. The third-order valence-electron chi connectivity index (χ3n) is 3.64. The van der Waals surface area contributed by atoms with Crippen molar-refractivity contribution in [2.24, 2.45) is 5.73 Å². The molecule has 3 nitrogen and oxygen atoms in total. The zero-order chi connectivity index (χ0) is 15.2. The SMILES string of the molecule is CCc1ccc(C(N)C(C)Oc2cccc(OC)c2)cc1. The fourth-order valence-corrected chi connectivity index (χ4v) is 2.21.